The highest BCUT2D eigenvalue weighted by Crippen LogP contribution is 2.33. The smallest absolute Gasteiger partial charge is 0.344 e. The molecule has 0 unspecified atom stereocenters. The Morgan fingerprint density at radius 3 is 2.52 bits per heavy atom. The molecule has 1 amide bonds. The van der Waals surface area contributed by atoms with Crippen LogP contribution in [0, 0.1) is 11.3 Å². The first-order valence-corrected chi connectivity index (χ1v) is 11.7. The van der Waals surface area contributed by atoms with Crippen LogP contribution in [0.15, 0.2) is 79.2 Å². The van der Waals surface area contributed by atoms with E-state index >= 15 is 0 Å². The Hall–Kier alpha value is -3.00. The third-order valence-corrected chi connectivity index (χ3v) is 5.82. The molecule has 33 heavy (non-hydrogen) atoms. The Morgan fingerprint density at radius 2 is 1.76 bits per heavy atom. The molecule has 0 aromatic heterocycles. The Balaban J connectivity index is 1.70. The predicted molar refractivity (Wildman–Crippen MR) is 133 cm³/mol. The number of amides is 1. The van der Waals surface area contributed by atoms with Gasteiger partial charge in [-0.1, -0.05) is 40.2 Å². The summed E-state index contributed by atoms with van der Waals surface area (Å²) in [6.45, 7) is -0.331. The Bertz CT molecular complexity index is 1270. The lowest BCUT2D eigenvalue weighted by molar-refractivity contribution is -0.123. The Morgan fingerprint density at radius 1 is 1.03 bits per heavy atom. The van der Waals surface area contributed by atoms with Crippen LogP contribution in [-0.4, -0.2) is 24.7 Å². The zero-order valence-electron chi connectivity index (χ0n) is 16.7. The Labute approximate surface area is 214 Å². The number of nitriles is 1. The third-order valence-electron chi connectivity index (χ3n) is 4.08. The van der Waals surface area contributed by atoms with E-state index in [0.29, 0.717) is 35.9 Å². The zero-order valence-corrected chi connectivity index (χ0v) is 21.5. The monoisotopic (exact) mass is 633 g/mol. The molecule has 7 nitrogen and oxygen atoms in total. The fourth-order valence-corrected chi connectivity index (χ4v) is 4.38. The van der Waals surface area contributed by atoms with Crippen LogP contribution in [0.5, 0.6) is 11.5 Å². The van der Waals surface area contributed by atoms with Crippen LogP contribution in [-0.2, 0) is 4.79 Å². The van der Waals surface area contributed by atoms with E-state index in [2.05, 4.69) is 58.3 Å². The summed E-state index contributed by atoms with van der Waals surface area (Å²) < 4.78 is 12.8. The molecular weight excluding hydrogens is 622 g/mol. The van der Waals surface area contributed by atoms with Crippen LogP contribution in [0.2, 0.25) is 0 Å². The Kier molecular flexibility index (Phi) is 8.77. The first-order chi connectivity index (χ1) is 15.9. The fraction of sp³-hybridized carbons (Fsp3) is 0.0435. The number of nitrogens with zero attached hydrogens (tertiary/aromatic N) is 2. The molecule has 0 aliphatic rings. The van der Waals surface area contributed by atoms with Gasteiger partial charge in [-0.2, -0.15) is 10.4 Å². The fourth-order valence-electron chi connectivity index (χ4n) is 2.59. The summed E-state index contributed by atoms with van der Waals surface area (Å²) in [6.07, 6.45) is 1.35. The van der Waals surface area contributed by atoms with Gasteiger partial charge < -0.3 is 9.47 Å². The maximum atomic E-state index is 12.6. The minimum atomic E-state index is -0.561. The van der Waals surface area contributed by atoms with Gasteiger partial charge in [0.05, 0.1) is 21.8 Å². The molecule has 3 aromatic rings. The number of para-hydroxylation sites is 1. The largest absolute Gasteiger partial charge is 0.482 e. The molecule has 0 atom stereocenters. The number of benzene rings is 3. The molecule has 0 spiro atoms. The molecule has 10 heteroatoms. The zero-order chi connectivity index (χ0) is 23.8. The molecule has 0 fully saturated rings. The van der Waals surface area contributed by atoms with Crippen molar-refractivity contribution in [2.24, 2.45) is 5.10 Å². The average molecular weight is 636 g/mol. The third kappa shape index (κ3) is 6.74. The highest BCUT2D eigenvalue weighted by Gasteiger charge is 2.17. The SMILES string of the molecule is N#Cc1ccccc1OCC(=O)N/N=C/c1cc(Br)cc(Br)c1OC(=O)c1ccccc1Br. The maximum Gasteiger partial charge on any atom is 0.344 e. The standard InChI is InChI=1S/C23H14Br3N3O4/c24-16-9-15(12-28-29-21(30)13-32-20-8-4-1-5-14(20)11-27)22(19(26)10-16)33-23(31)17-6-2-3-7-18(17)25/h1-10,12H,13H2,(H,29,30)/b28-12+. The van der Waals surface area contributed by atoms with Crippen LogP contribution in [0.3, 0.4) is 0 Å². The van der Waals surface area contributed by atoms with Crippen molar-refractivity contribution in [3.05, 3.63) is 90.8 Å². The number of nitrogens with one attached hydrogen (secondary N) is 1. The highest BCUT2D eigenvalue weighted by molar-refractivity contribution is 9.11. The first kappa shape index (κ1) is 24.6. The summed E-state index contributed by atoms with van der Waals surface area (Å²) in [6, 6.07) is 18.9. The normalized spacial score (nSPS) is 10.5. The lowest BCUT2D eigenvalue weighted by Gasteiger charge is -2.11. The van der Waals surface area contributed by atoms with E-state index in [0.717, 1.165) is 0 Å². The van der Waals surface area contributed by atoms with Gasteiger partial charge in [-0.25, -0.2) is 10.2 Å². The van der Waals surface area contributed by atoms with Crippen molar-refractivity contribution in [2.75, 3.05) is 6.61 Å². The molecule has 166 valence electrons. The molecule has 0 aliphatic carbocycles. The van der Waals surface area contributed by atoms with Crippen molar-refractivity contribution in [3.63, 3.8) is 0 Å². The summed E-state index contributed by atoms with van der Waals surface area (Å²) in [5.74, 6) is -0.555. The van der Waals surface area contributed by atoms with Crippen molar-refractivity contribution in [1.82, 2.24) is 5.43 Å². The molecule has 3 aromatic carbocycles. The van der Waals surface area contributed by atoms with Crippen LogP contribution in [0.25, 0.3) is 0 Å². The summed E-state index contributed by atoms with van der Waals surface area (Å²) in [5, 5.41) is 13.0. The number of hydrogen-bond acceptors (Lipinski definition) is 6. The lowest BCUT2D eigenvalue weighted by Crippen LogP contribution is -2.24. The van der Waals surface area contributed by atoms with Gasteiger partial charge in [0, 0.05) is 14.5 Å². The van der Waals surface area contributed by atoms with E-state index in [1.807, 2.05) is 6.07 Å². The number of rotatable bonds is 7. The van der Waals surface area contributed by atoms with E-state index in [-0.39, 0.29) is 12.4 Å². The first-order valence-electron chi connectivity index (χ1n) is 9.28. The average Bonchev–Trinajstić information content (AvgIpc) is 2.80. The number of halogens is 3. The van der Waals surface area contributed by atoms with Gasteiger partial charge in [-0.3, -0.25) is 4.79 Å². The number of carbonyl (C=O) groups excluding carboxylic acids is 2. The highest BCUT2D eigenvalue weighted by atomic mass is 79.9. The number of hydrazone groups is 1. The van der Waals surface area contributed by atoms with Crippen LogP contribution in [0.4, 0.5) is 0 Å². The second kappa shape index (κ2) is 11.7. The van der Waals surface area contributed by atoms with Crippen molar-refractivity contribution in [3.8, 4) is 17.6 Å². The summed E-state index contributed by atoms with van der Waals surface area (Å²) in [4.78, 5) is 24.7. The van der Waals surface area contributed by atoms with Gasteiger partial charge in [-0.05, 0) is 68.3 Å². The van der Waals surface area contributed by atoms with Gasteiger partial charge >= 0.3 is 5.97 Å². The maximum absolute atomic E-state index is 12.6. The van der Waals surface area contributed by atoms with Crippen LogP contribution < -0.4 is 14.9 Å². The van der Waals surface area contributed by atoms with Crippen molar-refractivity contribution in [1.29, 1.82) is 5.26 Å². The molecule has 0 bridgehead atoms. The minimum absolute atomic E-state index is 0.233. The van der Waals surface area contributed by atoms with E-state index in [1.54, 1.807) is 60.7 Å². The summed E-state index contributed by atoms with van der Waals surface area (Å²) in [7, 11) is 0. The number of esters is 1. The molecule has 0 radical (unpaired) electrons. The molecule has 3 rings (SSSR count). The topological polar surface area (TPSA) is 101 Å². The van der Waals surface area contributed by atoms with Gasteiger partial charge in [0.25, 0.3) is 5.91 Å². The van der Waals surface area contributed by atoms with E-state index < -0.39 is 11.9 Å². The molecule has 0 saturated carbocycles. The van der Waals surface area contributed by atoms with E-state index in [9.17, 15) is 9.59 Å². The van der Waals surface area contributed by atoms with Gasteiger partial charge in [0.1, 0.15) is 11.8 Å². The number of carbonyl (C=O) groups is 2. The number of ether oxygens (including phenoxy) is 2. The van der Waals surface area contributed by atoms with Crippen LogP contribution >= 0.6 is 47.8 Å². The van der Waals surface area contributed by atoms with Gasteiger partial charge in [0.15, 0.2) is 12.4 Å². The molecular formula is C23H14Br3N3O4. The summed E-state index contributed by atoms with van der Waals surface area (Å²) >= 11 is 10.1. The molecule has 1 N–H and O–H groups in total. The van der Waals surface area contributed by atoms with Gasteiger partial charge in [-0.15, -0.1) is 0 Å². The van der Waals surface area contributed by atoms with Crippen molar-refractivity contribution >= 4 is 65.9 Å². The van der Waals surface area contributed by atoms with E-state index in [4.69, 9.17) is 14.7 Å². The lowest BCUT2D eigenvalue weighted by atomic mass is 10.2. The summed E-state index contributed by atoms with van der Waals surface area (Å²) in [5.41, 5.74) is 3.46. The minimum Gasteiger partial charge on any atom is -0.482 e. The van der Waals surface area contributed by atoms with Crippen LogP contribution in [0.1, 0.15) is 21.5 Å². The second-order valence-corrected chi connectivity index (χ2v) is 8.99. The quantitative estimate of drug-likeness (QED) is 0.158. The molecule has 0 saturated heterocycles. The molecule has 0 aliphatic heterocycles. The predicted octanol–water partition coefficient (Wildman–Crippen LogP) is 5.59. The van der Waals surface area contributed by atoms with Crippen molar-refractivity contribution < 1.29 is 19.1 Å². The molecule has 0 heterocycles. The van der Waals surface area contributed by atoms with Gasteiger partial charge in [0.2, 0.25) is 0 Å². The van der Waals surface area contributed by atoms with E-state index in [1.165, 1.54) is 6.21 Å². The number of hydrogen-bond donors (Lipinski definition) is 1. The van der Waals surface area contributed by atoms with Crippen molar-refractivity contribution in [2.45, 2.75) is 0 Å². The second-order valence-electron chi connectivity index (χ2n) is 6.37.